The van der Waals surface area contributed by atoms with E-state index < -0.39 is 0 Å². The predicted molar refractivity (Wildman–Crippen MR) is 66.2 cm³/mol. The number of nitrogens with zero attached hydrogens (tertiary/aromatic N) is 1. The minimum atomic E-state index is 0.902. The van der Waals surface area contributed by atoms with Crippen molar-refractivity contribution in [1.82, 2.24) is 10.3 Å². The molecule has 1 aromatic heterocycles. The van der Waals surface area contributed by atoms with Crippen molar-refractivity contribution in [3.63, 3.8) is 0 Å². The van der Waals surface area contributed by atoms with Crippen LogP contribution in [-0.2, 0) is 6.54 Å². The van der Waals surface area contributed by atoms with Crippen molar-refractivity contribution in [2.75, 3.05) is 6.54 Å². The summed E-state index contributed by atoms with van der Waals surface area (Å²) < 4.78 is 1.28. The number of rotatable bonds is 5. The van der Waals surface area contributed by atoms with Crippen LogP contribution in [0, 0.1) is 0 Å². The maximum atomic E-state index is 4.57. The van der Waals surface area contributed by atoms with E-state index in [2.05, 4.69) is 35.4 Å². The fraction of sp³-hybridized carbons (Fsp3) is 0.417. The Kier molecular flexibility index (Phi) is 3.69. The van der Waals surface area contributed by atoms with E-state index in [1.54, 1.807) is 11.3 Å². The molecule has 0 saturated carbocycles. The molecule has 0 atom stereocenters. The highest BCUT2D eigenvalue weighted by atomic mass is 32.1. The second-order valence-electron chi connectivity index (χ2n) is 3.61. The summed E-state index contributed by atoms with van der Waals surface area (Å²) in [5.41, 5.74) is 1.12. The molecule has 0 bridgehead atoms. The molecule has 80 valence electrons. The van der Waals surface area contributed by atoms with Gasteiger partial charge in [-0.1, -0.05) is 25.5 Å². The van der Waals surface area contributed by atoms with E-state index in [1.165, 1.54) is 22.5 Å². The summed E-state index contributed by atoms with van der Waals surface area (Å²) in [6, 6.07) is 8.30. The van der Waals surface area contributed by atoms with Crippen molar-refractivity contribution in [2.24, 2.45) is 0 Å². The standard InChI is InChI=1S/C12H16N2S/c1-2-3-8-13-9-12-14-10-6-4-5-7-11(10)15-12/h4-7,13H,2-3,8-9H2,1H3. The van der Waals surface area contributed by atoms with E-state index in [9.17, 15) is 0 Å². The average molecular weight is 220 g/mol. The highest BCUT2D eigenvalue weighted by Crippen LogP contribution is 2.21. The van der Waals surface area contributed by atoms with E-state index in [4.69, 9.17) is 0 Å². The van der Waals surface area contributed by atoms with Crippen LogP contribution in [0.3, 0.4) is 0 Å². The third-order valence-corrected chi connectivity index (χ3v) is 3.36. The molecule has 0 fully saturated rings. The van der Waals surface area contributed by atoms with E-state index in [-0.39, 0.29) is 0 Å². The van der Waals surface area contributed by atoms with Gasteiger partial charge < -0.3 is 5.32 Å². The van der Waals surface area contributed by atoms with Crippen LogP contribution < -0.4 is 5.32 Å². The lowest BCUT2D eigenvalue weighted by Crippen LogP contribution is -2.13. The third kappa shape index (κ3) is 2.76. The first-order valence-corrected chi connectivity index (χ1v) is 6.27. The molecule has 1 heterocycles. The first-order valence-electron chi connectivity index (χ1n) is 5.45. The lowest BCUT2D eigenvalue weighted by atomic mass is 10.3. The molecule has 15 heavy (non-hydrogen) atoms. The summed E-state index contributed by atoms with van der Waals surface area (Å²) >= 11 is 1.78. The Hall–Kier alpha value is -0.930. The molecule has 2 nitrogen and oxygen atoms in total. The number of aromatic nitrogens is 1. The molecule has 0 saturated heterocycles. The van der Waals surface area contributed by atoms with E-state index in [0.29, 0.717) is 0 Å². The van der Waals surface area contributed by atoms with Crippen molar-refractivity contribution in [3.05, 3.63) is 29.3 Å². The van der Waals surface area contributed by atoms with Crippen LogP contribution >= 0.6 is 11.3 Å². The van der Waals surface area contributed by atoms with Gasteiger partial charge in [-0.2, -0.15) is 0 Å². The molecule has 0 spiro atoms. The van der Waals surface area contributed by atoms with Gasteiger partial charge in [-0.15, -0.1) is 11.3 Å². The van der Waals surface area contributed by atoms with E-state index >= 15 is 0 Å². The van der Waals surface area contributed by atoms with Gasteiger partial charge in [-0.25, -0.2) is 4.98 Å². The Morgan fingerprint density at radius 1 is 1.33 bits per heavy atom. The maximum absolute atomic E-state index is 4.57. The Bertz CT molecular complexity index is 389. The molecule has 0 unspecified atom stereocenters. The van der Waals surface area contributed by atoms with Crippen LogP contribution in [0.25, 0.3) is 10.2 Å². The Labute approximate surface area is 94.3 Å². The third-order valence-electron chi connectivity index (χ3n) is 2.32. The van der Waals surface area contributed by atoms with Gasteiger partial charge in [0.05, 0.1) is 10.2 Å². The topological polar surface area (TPSA) is 24.9 Å². The van der Waals surface area contributed by atoms with Crippen LogP contribution in [-0.4, -0.2) is 11.5 Å². The van der Waals surface area contributed by atoms with Crippen LogP contribution in [0.2, 0.25) is 0 Å². The molecule has 3 heteroatoms. The van der Waals surface area contributed by atoms with Gasteiger partial charge in [0.1, 0.15) is 5.01 Å². The van der Waals surface area contributed by atoms with Crippen LogP contribution in [0.15, 0.2) is 24.3 Å². The molecule has 0 amide bonds. The minimum Gasteiger partial charge on any atom is -0.310 e. The van der Waals surface area contributed by atoms with Gasteiger partial charge >= 0.3 is 0 Å². The second kappa shape index (κ2) is 5.24. The van der Waals surface area contributed by atoms with E-state index in [0.717, 1.165) is 18.6 Å². The summed E-state index contributed by atoms with van der Waals surface area (Å²) in [4.78, 5) is 4.57. The van der Waals surface area contributed by atoms with Gasteiger partial charge in [0, 0.05) is 6.54 Å². The number of para-hydroxylation sites is 1. The number of thiazole rings is 1. The zero-order valence-electron chi connectivity index (χ0n) is 8.99. The SMILES string of the molecule is CCCCNCc1nc2ccccc2s1. The average Bonchev–Trinajstić information content (AvgIpc) is 2.67. The lowest BCUT2D eigenvalue weighted by molar-refractivity contribution is 0.640. The number of unbranched alkanes of at least 4 members (excludes halogenated alkanes) is 1. The fourth-order valence-electron chi connectivity index (χ4n) is 1.49. The summed E-state index contributed by atoms with van der Waals surface area (Å²) in [5, 5.41) is 4.60. The van der Waals surface area contributed by atoms with Crippen molar-refractivity contribution in [2.45, 2.75) is 26.3 Å². The quantitative estimate of drug-likeness (QED) is 0.783. The van der Waals surface area contributed by atoms with Gasteiger partial charge in [-0.3, -0.25) is 0 Å². The maximum Gasteiger partial charge on any atom is 0.108 e. The van der Waals surface area contributed by atoms with Crippen molar-refractivity contribution in [1.29, 1.82) is 0 Å². The molecule has 0 aliphatic heterocycles. The number of hydrogen-bond acceptors (Lipinski definition) is 3. The minimum absolute atomic E-state index is 0.902. The molecule has 0 aliphatic carbocycles. The highest BCUT2D eigenvalue weighted by molar-refractivity contribution is 7.18. The molecule has 1 aromatic carbocycles. The first kappa shape index (κ1) is 10.6. The second-order valence-corrected chi connectivity index (χ2v) is 4.72. The van der Waals surface area contributed by atoms with Crippen LogP contribution in [0.1, 0.15) is 24.8 Å². The monoisotopic (exact) mass is 220 g/mol. The molecule has 2 aromatic rings. The van der Waals surface area contributed by atoms with Gasteiger partial charge in [-0.05, 0) is 25.1 Å². The summed E-state index contributed by atoms with van der Waals surface area (Å²) in [7, 11) is 0. The molecule has 1 N–H and O–H groups in total. The lowest BCUT2D eigenvalue weighted by Gasteiger charge is -1.98. The van der Waals surface area contributed by atoms with Gasteiger partial charge in [0.2, 0.25) is 0 Å². The normalized spacial score (nSPS) is 11.0. The largest absolute Gasteiger partial charge is 0.310 e. The van der Waals surface area contributed by atoms with Crippen molar-refractivity contribution in [3.8, 4) is 0 Å². The Morgan fingerprint density at radius 2 is 2.20 bits per heavy atom. The Balaban J connectivity index is 1.97. The predicted octanol–water partition coefficient (Wildman–Crippen LogP) is 3.19. The molecule has 2 rings (SSSR count). The van der Waals surface area contributed by atoms with E-state index in [1.807, 2.05) is 6.07 Å². The summed E-state index contributed by atoms with van der Waals surface area (Å²) in [6.45, 7) is 4.20. The number of hydrogen-bond donors (Lipinski definition) is 1. The molecular formula is C12H16N2S. The molecule has 0 radical (unpaired) electrons. The highest BCUT2D eigenvalue weighted by Gasteiger charge is 2.01. The van der Waals surface area contributed by atoms with Gasteiger partial charge in [0.25, 0.3) is 0 Å². The summed E-state index contributed by atoms with van der Waals surface area (Å²) in [6.07, 6.45) is 2.48. The zero-order valence-corrected chi connectivity index (χ0v) is 9.81. The van der Waals surface area contributed by atoms with Crippen LogP contribution in [0.5, 0.6) is 0 Å². The fourth-order valence-corrected chi connectivity index (χ4v) is 2.43. The first-order chi connectivity index (χ1) is 7.40. The Morgan fingerprint density at radius 3 is 3.00 bits per heavy atom. The smallest absolute Gasteiger partial charge is 0.108 e. The number of nitrogens with one attached hydrogen (secondary N) is 1. The zero-order chi connectivity index (χ0) is 10.5. The molecule has 0 aliphatic rings. The molecular weight excluding hydrogens is 204 g/mol. The summed E-state index contributed by atoms with van der Waals surface area (Å²) in [5.74, 6) is 0. The van der Waals surface area contributed by atoms with Crippen LogP contribution in [0.4, 0.5) is 0 Å². The number of fused-ring (bicyclic) bond motifs is 1. The van der Waals surface area contributed by atoms with Crippen molar-refractivity contribution >= 4 is 21.6 Å². The van der Waals surface area contributed by atoms with Gasteiger partial charge in [0.15, 0.2) is 0 Å². The van der Waals surface area contributed by atoms with Crippen molar-refractivity contribution < 1.29 is 0 Å². The number of benzene rings is 1.